The summed E-state index contributed by atoms with van der Waals surface area (Å²) in [5.41, 5.74) is 1.60. The van der Waals surface area contributed by atoms with Crippen molar-refractivity contribution in [3.63, 3.8) is 0 Å². The van der Waals surface area contributed by atoms with Crippen molar-refractivity contribution in [1.29, 1.82) is 0 Å². The molecule has 1 aromatic heterocycles. The van der Waals surface area contributed by atoms with Crippen LogP contribution in [0.1, 0.15) is 22.8 Å². The first kappa shape index (κ1) is 10.0. The largest absolute Gasteiger partial charge is 0.319 e. The van der Waals surface area contributed by atoms with E-state index >= 15 is 0 Å². The van der Waals surface area contributed by atoms with E-state index in [1.807, 2.05) is 18.4 Å². The van der Waals surface area contributed by atoms with Gasteiger partial charge in [0.15, 0.2) is 0 Å². The van der Waals surface area contributed by atoms with Crippen LogP contribution in [0.2, 0.25) is 0 Å². The van der Waals surface area contributed by atoms with E-state index in [1.165, 1.54) is 12.8 Å². The first-order valence-electron chi connectivity index (χ1n) is 4.12. The fourth-order valence-corrected chi connectivity index (χ4v) is 2.82. The molecule has 0 bridgehead atoms. The molecule has 3 heteroatoms. The van der Waals surface area contributed by atoms with Crippen LogP contribution in [-0.2, 0) is 6.42 Å². The number of hydrogen-bond acceptors (Lipinski definition) is 2. The summed E-state index contributed by atoms with van der Waals surface area (Å²) in [6.45, 7) is 1.14. The third kappa shape index (κ3) is 1.65. The zero-order valence-corrected chi connectivity index (χ0v) is 8.80. The topological polar surface area (TPSA) is 12.0 Å². The van der Waals surface area contributed by atoms with E-state index in [0.29, 0.717) is 0 Å². The molecular weight excluding hydrogens is 190 g/mol. The Bertz CT molecular complexity index is 246. The molecule has 2 rings (SSSR count). The lowest BCUT2D eigenvalue weighted by molar-refractivity contribution is 0.623. The van der Waals surface area contributed by atoms with E-state index in [9.17, 15) is 0 Å². The molecule has 0 spiro atoms. The predicted octanol–water partition coefficient (Wildman–Crippen LogP) is 2.42. The van der Waals surface area contributed by atoms with Crippen LogP contribution in [0.25, 0.3) is 0 Å². The molecule has 1 aliphatic rings. The number of thiophene rings is 1. The highest BCUT2D eigenvalue weighted by molar-refractivity contribution is 7.10. The van der Waals surface area contributed by atoms with Crippen LogP contribution in [0.3, 0.4) is 0 Å². The van der Waals surface area contributed by atoms with Crippen molar-refractivity contribution in [3.05, 3.63) is 21.9 Å². The minimum absolute atomic E-state index is 0. The number of fused-ring (bicyclic) bond motifs is 1. The number of aryl methyl sites for hydroxylation is 1. The first-order valence-corrected chi connectivity index (χ1v) is 5.00. The van der Waals surface area contributed by atoms with Gasteiger partial charge in [-0.15, -0.1) is 23.7 Å². The SMILES string of the molecule is CNCC1CCc2sccc21.Cl. The van der Waals surface area contributed by atoms with E-state index in [2.05, 4.69) is 16.8 Å². The Morgan fingerprint density at radius 1 is 1.67 bits per heavy atom. The van der Waals surface area contributed by atoms with Gasteiger partial charge in [0, 0.05) is 11.4 Å². The quantitative estimate of drug-likeness (QED) is 0.779. The summed E-state index contributed by atoms with van der Waals surface area (Å²) in [5.74, 6) is 0.793. The highest BCUT2D eigenvalue weighted by Gasteiger charge is 2.22. The normalized spacial score (nSPS) is 20.2. The molecule has 0 saturated carbocycles. The molecule has 1 aromatic rings. The van der Waals surface area contributed by atoms with Crippen molar-refractivity contribution >= 4 is 23.7 Å². The van der Waals surface area contributed by atoms with Crippen molar-refractivity contribution in [3.8, 4) is 0 Å². The minimum Gasteiger partial charge on any atom is -0.319 e. The van der Waals surface area contributed by atoms with Crippen LogP contribution < -0.4 is 5.32 Å². The Morgan fingerprint density at radius 3 is 3.25 bits per heavy atom. The van der Waals surface area contributed by atoms with Gasteiger partial charge in [-0.3, -0.25) is 0 Å². The molecule has 0 amide bonds. The number of halogens is 1. The molecule has 0 fully saturated rings. The third-order valence-corrected chi connectivity index (χ3v) is 3.39. The second-order valence-electron chi connectivity index (χ2n) is 3.09. The van der Waals surface area contributed by atoms with Gasteiger partial charge in [0.2, 0.25) is 0 Å². The summed E-state index contributed by atoms with van der Waals surface area (Å²) in [4.78, 5) is 1.62. The molecule has 1 aliphatic carbocycles. The molecule has 1 nitrogen and oxygen atoms in total. The zero-order valence-electron chi connectivity index (χ0n) is 7.17. The number of likely N-dealkylation sites (N-methyl/N-ethyl adjacent to an activating group) is 1. The van der Waals surface area contributed by atoms with Gasteiger partial charge >= 0.3 is 0 Å². The molecule has 0 radical (unpaired) electrons. The lowest BCUT2D eigenvalue weighted by atomic mass is 10.0. The van der Waals surface area contributed by atoms with Crippen molar-refractivity contribution in [2.75, 3.05) is 13.6 Å². The second kappa shape index (κ2) is 4.26. The smallest absolute Gasteiger partial charge is 0.00807 e. The molecule has 0 saturated heterocycles. The molecule has 1 N–H and O–H groups in total. The molecule has 1 unspecified atom stereocenters. The average molecular weight is 204 g/mol. The third-order valence-electron chi connectivity index (χ3n) is 2.39. The maximum atomic E-state index is 3.24. The molecule has 1 heterocycles. The average Bonchev–Trinajstić information content (AvgIpc) is 2.53. The van der Waals surface area contributed by atoms with Crippen LogP contribution in [-0.4, -0.2) is 13.6 Å². The Morgan fingerprint density at radius 2 is 2.50 bits per heavy atom. The van der Waals surface area contributed by atoms with Crippen LogP contribution in [0.4, 0.5) is 0 Å². The van der Waals surface area contributed by atoms with Crippen molar-refractivity contribution in [1.82, 2.24) is 5.32 Å². The molecular formula is C9H14ClNS. The summed E-state index contributed by atoms with van der Waals surface area (Å²) in [7, 11) is 2.03. The Labute approximate surface area is 83.6 Å². The number of hydrogen-bond donors (Lipinski definition) is 1. The van der Waals surface area contributed by atoms with Gasteiger partial charge in [0.05, 0.1) is 0 Å². The highest BCUT2D eigenvalue weighted by Crippen LogP contribution is 2.35. The number of rotatable bonds is 2. The van der Waals surface area contributed by atoms with Gasteiger partial charge in [-0.1, -0.05) is 0 Å². The lowest BCUT2D eigenvalue weighted by Gasteiger charge is -2.07. The fraction of sp³-hybridized carbons (Fsp3) is 0.556. The highest BCUT2D eigenvalue weighted by atomic mass is 35.5. The van der Waals surface area contributed by atoms with Gasteiger partial charge in [-0.05, 0) is 42.8 Å². The van der Waals surface area contributed by atoms with Gasteiger partial charge in [-0.2, -0.15) is 0 Å². The van der Waals surface area contributed by atoms with Gasteiger partial charge in [-0.25, -0.2) is 0 Å². The lowest BCUT2D eigenvalue weighted by Crippen LogP contribution is -2.14. The standard InChI is InChI=1S/C9H13NS.ClH/c1-10-6-7-2-3-9-8(7)4-5-11-9;/h4-5,7,10H,2-3,6H2,1H3;1H. The monoisotopic (exact) mass is 203 g/mol. The predicted molar refractivity (Wildman–Crippen MR) is 56.6 cm³/mol. The summed E-state index contributed by atoms with van der Waals surface area (Å²) >= 11 is 1.91. The second-order valence-corrected chi connectivity index (χ2v) is 4.09. The van der Waals surface area contributed by atoms with Crippen LogP contribution in [0.15, 0.2) is 11.4 Å². The minimum atomic E-state index is 0. The van der Waals surface area contributed by atoms with Gasteiger partial charge in [0.25, 0.3) is 0 Å². The summed E-state index contributed by atoms with van der Waals surface area (Å²) < 4.78 is 0. The summed E-state index contributed by atoms with van der Waals surface area (Å²) in [5, 5.41) is 5.46. The Hall–Kier alpha value is -0.0500. The molecule has 1 atom stereocenters. The fourth-order valence-electron chi connectivity index (χ4n) is 1.84. The van der Waals surface area contributed by atoms with Gasteiger partial charge in [0.1, 0.15) is 0 Å². The van der Waals surface area contributed by atoms with E-state index in [0.717, 1.165) is 12.5 Å². The molecule has 68 valence electrons. The van der Waals surface area contributed by atoms with Crippen LogP contribution >= 0.6 is 23.7 Å². The molecule has 12 heavy (non-hydrogen) atoms. The Balaban J connectivity index is 0.000000720. The summed E-state index contributed by atoms with van der Waals surface area (Å²) in [6.07, 6.45) is 2.65. The van der Waals surface area contributed by atoms with Crippen molar-refractivity contribution in [2.45, 2.75) is 18.8 Å². The zero-order chi connectivity index (χ0) is 7.68. The van der Waals surface area contributed by atoms with E-state index < -0.39 is 0 Å². The molecule has 0 aromatic carbocycles. The van der Waals surface area contributed by atoms with E-state index in [4.69, 9.17) is 0 Å². The van der Waals surface area contributed by atoms with E-state index in [-0.39, 0.29) is 12.4 Å². The number of nitrogens with one attached hydrogen (secondary N) is 1. The van der Waals surface area contributed by atoms with Crippen LogP contribution in [0, 0.1) is 0 Å². The van der Waals surface area contributed by atoms with Crippen LogP contribution in [0.5, 0.6) is 0 Å². The Kier molecular flexibility index (Phi) is 3.56. The van der Waals surface area contributed by atoms with Gasteiger partial charge < -0.3 is 5.32 Å². The maximum absolute atomic E-state index is 3.24. The van der Waals surface area contributed by atoms with E-state index in [1.54, 1.807) is 10.4 Å². The molecule has 0 aliphatic heterocycles. The van der Waals surface area contributed by atoms with Crippen molar-refractivity contribution < 1.29 is 0 Å². The maximum Gasteiger partial charge on any atom is 0.00807 e. The van der Waals surface area contributed by atoms with Crippen molar-refractivity contribution in [2.24, 2.45) is 0 Å². The summed E-state index contributed by atoms with van der Waals surface area (Å²) in [6, 6.07) is 2.29. The first-order chi connectivity index (χ1) is 5.42.